The lowest BCUT2D eigenvalue weighted by atomic mass is 9.73. The Morgan fingerprint density at radius 1 is 1.06 bits per heavy atom. The van der Waals surface area contributed by atoms with E-state index in [0.717, 1.165) is 6.04 Å². The monoisotopic (exact) mass is 238 g/mol. The molecule has 2 nitrogen and oxygen atoms in total. The van der Waals surface area contributed by atoms with Crippen LogP contribution in [0.4, 0.5) is 0 Å². The van der Waals surface area contributed by atoms with Gasteiger partial charge in [0.1, 0.15) is 0 Å². The van der Waals surface area contributed by atoms with E-state index in [1.165, 1.54) is 71.1 Å². The molecule has 0 spiro atoms. The third-order valence-electron chi connectivity index (χ3n) is 4.71. The van der Waals surface area contributed by atoms with E-state index in [0.29, 0.717) is 5.41 Å². The van der Waals surface area contributed by atoms with Crippen LogP contribution in [0.25, 0.3) is 0 Å². The number of nitrogens with zero attached hydrogens (tertiary/aromatic N) is 1. The molecule has 17 heavy (non-hydrogen) atoms. The average molecular weight is 238 g/mol. The maximum absolute atomic E-state index is 3.79. The van der Waals surface area contributed by atoms with Gasteiger partial charge < -0.3 is 10.2 Å². The summed E-state index contributed by atoms with van der Waals surface area (Å²) in [6.07, 6.45) is 10.1. The summed E-state index contributed by atoms with van der Waals surface area (Å²) in [5.74, 6) is 0. The molecule has 0 radical (unpaired) electrons. The van der Waals surface area contributed by atoms with Crippen LogP contribution in [0.1, 0.15) is 58.8 Å². The molecule has 0 amide bonds. The Kier molecular flexibility index (Phi) is 4.87. The van der Waals surface area contributed by atoms with Crippen LogP contribution in [-0.2, 0) is 0 Å². The molecule has 100 valence electrons. The third kappa shape index (κ3) is 3.96. The van der Waals surface area contributed by atoms with Gasteiger partial charge in [-0.05, 0) is 44.2 Å². The van der Waals surface area contributed by atoms with Gasteiger partial charge in [-0.3, -0.25) is 0 Å². The molecule has 0 atom stereocenters. The molecule has 2 rings (SSSR count). The maximum atomic E-state index is 3.79. The van der Waals surface area contributed by atoms with Gasteiger partial charge in [-0.2, -0.15) is 0 Å². The predicted octanol–water partition coefficient (Wildman–Crippen LogP) is 3.03. The highest BCUT2D eigenvalue weighted by atomic mass is 15.1. The second-order valence-electron chi connectivity index (χ2n) is 6.18. The van der Waals surface area contributed by atoms with Gasteiger partial charge in [0, 0.05) is 19.1 Å². The van der Waals surface area contributed by atoms with E-state index in [-0.39, 0.29) is 0 Å². The fourth-order valence-electron chi connectivity index (χ4n) is 3.26. The van der Waals surface area contributed by atoms with E-state index in [2.05, 4.69) is 24.1 Å². The molecule has 2 fully saturated rings. The fraction of sp³-hybridized carbons (Fsp3) is 1.00. The summed E-state index contributed by atoms with van der Waals surface area (Å²) in [5, 5.41) is 3.79. The van der Waals surface area contributed by atoms with Crippen LogP contribution in [0.5, 0.6) is 0 Å². The number of rotatable bonds is 7. The van der Waals surface area contributed by atoms with Crippen LogP contribution in [0.3, 0.4) is 0 Å². The van der Waals surface area contributed by atoms with Crippen LogP contribution in [-0.4, -0.2) is 37.1 Å². The summed E-state index contributed by atoms with van der Waals surface area (Å²) in [5.41, 5.74) is 0.590. The maximum Gasteiger partial charge on any atom is 0.00684 e. The first kappa shape index (κ1) is 13.4. The quantitative estimate of drug-likeness (QED) is 0.733. The van der Waals surface area contributed by atoms with Crippen LogP contribution < -0.4 is 5.32 Å². The Morgan fingerprint density at radius 3 is 2.24 bits per heavy atom. The molecule has 0 unspecified atom stereocenters. The number of nitrogens with one attached hydrogen (secondary N) is 1. The zero-order chi connectivity index (χ0) is 12.1. The Bertz CT molecular complexity index is 213. The van der Waals surface area contributed by atoms with Gasteiger partial charge >= 0.3 is 0 Å². The smallest absolute Gasteiger partial charge is 0.00684 e. The summed E-state index contributed by atoms with van der Waals surface area (Å²) in [7, 11) is 0. The molecule has 0 bridgehead atoms. The zero-order valence-corrected chi connectivity index (χ0v) is 11.8. The Morgan fingerprint density at radius 2 is 1.71 bits per heavy atom. The summed E-state index contributed by atoms with van der Waals surface area (Å²) in [6, 6.07) is 0.866. The summed E-state index contributed by atoms with van der Waals surface area (Å²) >= 11 is 0. The lowest BCUT2D eigenvalue weighted by Gasteiger charge is -2.41. The molecule has 0 aromatic carbocycles. The topological polar surface area (TPSA) is 15.3 Å². The highest BCUT2D eigenvalue weighted by molar-refractivity contribution is 4.91. The molecule has 0 saturated heterocycles. The van der Waals surface area contributed by atoms with Crippen molar-refractivity contribution < 1.29 is 0 Å². The van der Waals surface area contributed by atoms with E-state index in [1.54, 1.807) is 0 Å². The molecule has 0 aromatic heterocycles. The van der Waals surface area contributed by atoms with Crippen molar-refractivity contribution >= 4 is 0 Å². The lowest BCUT2D eigenvalue weighted by Crippen LogP contribution is -2.45. The van der Waals surface area contributed by atoms with Gasteiger partial charge in [-0.1, -0.05) is 33.1 Å². The minimum Gasteiger partial charge on any atom is -0.313 e. The average Bonchev–Trinajstić information content (AvgIpc) is 3.19. The molecule has 1 N–H and O–H groups in total. The fourth-order valence-corrected chi connectivity index (χ4v) is 3.26. The highest BCUT2D eigenvalue weighted by Crippen LogP contribution is 2.37. The van der Waals surface area contributed by atoms with Gasteiger partial charge in [0.25, 0.3) is 0 Å². The van der Waals surface area contributed by atoms with Crippen LogP contribution >= 0.6 is 0 Å². The Balaban J connectivity index is 1.89. The standard InChI is InChI=1S/C15H30N2/c1-3-17(4-2)13-15(10-6-5-7-11-15)12-16-14-8-9-14/h14,16H,3-13H2,1-2H3. The van der Waals surface area contributed by atoms with Crippen molar-refractivity contribution in [3.8, 4) is 0 Å². The second kappa shape index (κ2) is 6.19. The van der Waals surface area contributed by atoms with Gasteiger partial charge in [-0.15, -0.1) is 0 Å². The van der Waals surface area contributed by atoms with Gasteiger partial charge in [0.15, 0.2) is 0 Å². The minimum atomic E-state index is 0.590. The van der Waals surface area contributed by atoms with Crippen molar-refractivity contribution in [1.82, 2.24) is 10.2 Å². The first-order valence-corrected chi connectivity index (χ1v) is 7.74. The molecular formula is C15H30N2. The van der Waals surface area contributed by atoms with Gasteiger partial charge in [0.2, 0.25) is 0 Å². The molecule has 0 aliphatic heterocycles. The van der Waals surface area contributed by atoms with E-state index in [9.17, 15) is 0 Å². The molecule has 2 saturated carbocycles. The summed E-state index contributed by atoms with van der Waals surface area (Å²) in [6.45, 7) is 9.61. The normalized spacial score (nSPS) is 24.2. The molecule has 2 aliphatic carbocycles. The van der Waals surface area contributed by atoms with Crippen LogP contribution in [0, 0.1) is 5.41 Å². The molecule has 2 aliphatic rings. The molecule has 0 heterocycles. The van der Waals surface area contributed by atoms with E-state index >= 15 is 0 Å². The van der Waals surface area contributed by atoms with Crippen LogP contribution in [0.2, 0.25) is 0 Å². The van der Waals surface area contributed by atoms with E-state index in [1.807, 2.05) is 0 Å². The largest absolute Gasteiger partial charge is 0.313 e. The van der Waals surface area contributed by atoms with E-state index < -0.39 is 0 Å². The molecular weight excluding hydrogens is 208 g/mol. The SMILES string of the molecule is CCN(CC)CC1(CNC2CC2)CCCCC1. The first-order chi connectivity index (χ1) is 8.28. The van der Waals surface area contributed by atoms with Crippen molar-refractivity contribution in [3.05, 3.63) is 0 Å². The van der Waals surface area contributed by atoms with Gasteiger partial charge in [-0.25, -0.2) is 0 Å². The van der Waals surface area contributed by atoms with Crippen molar-refractivity contribution in [3.63, 3.8) is 0 Å². The first-order valence-electron chi connectivity index (χ1n) is 7.74. The number of hydrogen-bond donors (Lipinski definition) is 1. The molecule has 2 heteroatoms. The molecule has 0 aromatic rings. The Labute approximate surface area is 107 Å². The van der Waals surface area contributed by atoms with Crippen molar-refractivity contribution in [2.45, 2.75) is 64.8 Å². The van der Waals surface area contributed by atoms with Crippen molar-refractivity contribution in [2.24, 2.45) is 5.41 Å². The van der Waals surface area contributed by atoms with Gasteiger partial charge in [0.05, 0.1) is 0 Å². The summed E-state index contributed by atoms with van der Waals surface area (Å²) < 4.78 is 0. The Hall–Kier alpha value is -0.0800. The number of hydrogen-bond acceptors (Lipinski definition) is 2. The van der Waals surface area contributed by atoms with Crippen LogP contribution in [0.15, 0.2) is 0 Å². The van der Waals surface area contributed by atoms with Crippen molar-refractivity contribution in [2.75, 3.05) is 26.2 Å². The predicted molar refractivity (Wildman–Crippen MR) is 74.3 cm³/mol. The highest BCUT2D eigenvalue weighted by Gasteiger charge is 2.34. The van der Waals surface area contributed by atoms with E-state index in [4.69, 9.17) is 0 Å². The second-order valence-corrected chi connectivity index (χ2v) is 6.18. The zero-order valence-electron chi connectivity index (χ0n) is 11.8. The lowest BCUT2D eigenvalue weighted by molar-refractivity contribution is 0.108. The summed E-state index contributed by atoms with van der Waals surface area (Å²) in [4.78, 5) is 2.62. The van der Waals surface area contributed by atoms with Crippen molar-refractivity contribution in [1.29, 1.82) is 0 Å². The minimum absolute atomic E-state index is 0.590. The third-order valence-corrected chi connectivity index (χ3v) is 4.71.